The number of hydrogen-bond acceptors (Lipinski definition) is 7. The molecule has 0 aromatic heterocycles. The largest absolute Gasteiger partial charge is 0.497 e. The monoisotopic (exact) mass is 442 g/mol. The number of anilines is 2. The lowest BCUT2D eigenvalue weighted by Gasteiger charge is -2.08. The molecule has 2 rings (SSSR count). The normalized spacial score (nSPS) is 10.1. The average molecular weight is 442 g/mol. The van der Waals surface area contributed by atoms with Gasteiger partial charge in [-0.15, -0.1) is 0 Å². The Balaban J connectivity index is 1.68. The summed E-state index contributed by atoms with van der Waals surface area (Å²) in [7, 11) is 1.54. The molecule has 9 nitrogen and oxygen atoms in total. The number of esters is 2. The van der Waals surface area contributed by atoms with Crippen LogP contribution < -0.4 is 15.4 Å². The van der Waals surface area contributed by atoms with Gasteiger partial charge in [0.05, 0.1) is 25.7 Å². The van der Waals surface area contributed by atoms with Crippen LogP contribution in [0.1, 0.15) is 36.5 Å². The summed E-state index contributed by atoms with van der Waals surface area (Å²) in [5, 5.41) is 5.21. The number of nitrogens with one attached hydrogen (secondary N) is 2. The number of benzene rings is 2. The summed E-state index contributed by atoms with van der Waals surface area (Å²) >= 11 is 0. The Labute approximate surface area is 186 Å². The summed E-state index contributed by atoms with van der Waals surface area (Å²) in [6.45, 7) is 1.75. The molecule has 0 fully saturated rings. The van der Waals surface area contributed by atoms with Crippen molar-refractivity contribution >= 4 is 35.1 Å². The van der Waals surface area contributed by atoms with E-state index in [2.05, 4.69) is 10.6 Å². The highest BCUT2D eigenvalue weighted by Gasteiger charge is 2.12. The van der Waals surface area contributed by atoms with Crippen LogP contribution in [0, 0.1) is 0 Å². The highest BCUT2D eigenvalue weighted by atomic mass is 16.5. The number of rotatable bonds is 11. The third-order valence-corrected chi connectivity index (χ3v) is 4.14. The molecule has 0 atom stereocenters. The van der Waals surface area contributed by atoms with Crippen LogP contribution in [0.5, 0.6) is 5.75 Å². The van der Waals surface area contributed by atoms with Crippen LogP contribution in [0.2, 0.25) is 0 Å². The molecule has 0 saturated heterocycles. The van der Waals surface area contributed by atoms with Gasteiger partial charge < -0.3 is 24.8 Å². The SMILES string of the molecule is CCCOC(=O)c1ccc(NC(=O)COC(=O)CCC(=O)Nc2ccc(OC)cc2)cc1. The molecule has 0 aliphatic carbocycles. The molecular weight excluding hydrogens is 416 g/mol. The Morgan fingerprint density at radius 1 is 0.781 bits per heavy atom. The van der Waals surface area contributed by atoms with Gasteiger partial charge in [-0.1, -0.05) is 6.92 Å². The van der Waals surface area contributed by atoms with Crippen LogP contribution in [-0.2, 0) is 23.9 Å². The zero-order valence-electron chi connectivity index (χ0n) is 18.0. The molecule has 9 heteroatoms. The van der Waals surface area contributed by atoms with E-state index in [-0.39, 0.29) is 18.7 Å². The molecule has 0 heterocycles. The minimum Gasteiger partial charge on any atom is -0.497 e. The zero-order valence-corrected chi connectivity index (χ0v) is 18.0. The first-order chi connectivity index (χ1) is 15.4. The smallest absolute Gasteiger partial charge is 0.338 e. The van der Waals surface area contributed by atoms with Gasteiger partial charge in [-0.05, 0) is 55.0 Å². The standard InChI is InChI=1S/C23H26N2O7/c1-3-14-31-23(29)16-4-6-17(7-5-16)25-21(27)15-32-22(28)13-12-20(26)24-18-8-10-19(30-2)11-9-18/h4-11H,3,12-15H2,1-2H3,(H,24,26)(H,25,27). The number of carbonyl (C=O) groups is 4. The van der Waals surface area contributed by atoms with Crippen molar-refractivity contribution in [3.8, 4) is 5.75 Å². The van der Waals surface area contributed by atoms with Gasteiger partial charge in [-0.25, -0.2) is 4.79 Å². The van der Waals surface area contributed by atoms with E-state index in [0.717, 1.165) is 6.42 Å². The van der Waals surface area contributed by atoms with Gasteiger partial charge in [0.15, 0.2) is 6.61 Å². The number of carbonyl (C=O) groups excluding carboxylic acids is 4. The first-order valence-corrected chi connectivity index (χ1v) is 10.1. The van der Waals surface area contributed by atoms with Crippen molar-refractivity contribution < 1.29 is 33.4 Å². The van der Waals surface area contributed by atoms with Gasteiger partial charge in [0.1, 0.15) is 5.75 Å². The Morgan fingerprint density at radius 2 is 1.38 bits per heavy atom. The molecule has 0 saturated carbocycles. The topological polar surface area (TPSA) is 120 Å². The van der Waals surface area contributed by atoms with Gasteiger partial charge in [-0.3, -0.25) is 14.4 Å². The molecule has 0 aliphatic rings. The Hall–Kier alpha value is -3.88. The number of methoxy groups -OCH3 is 1. The molecule has 2 amide bonds. The third kappa shape index (κ3) is 8.47. The molecule has 0 aliphatic heterocycles. The summed E-state index contributed by atoms with van der Waals surface area (Å²) in [6.07, 6.45) is 0.484. The zero-order chi connectivity index (χ0) is 23.3. The van der Waals surface area contributed by atoms with E-state index in [0.29, 0.717) is 29.3 Å². The van der Waals surface area contributed by atoms with Crippen molar-refractivity contribution in [2.24, 2.45) is 0 Å². The van der Waals surface area contributed by atoms with Gasteiger partial charge in [-0.2, -0.15) is 0 Å². The molecule has 170 valence electrons. The fourth-order valence-corrected chi connectivity index (χ4v) is 2.50. The van der Waals surface area contributed by atoms with Crippen LogP contribution in [0.4, 0.5) is 11.4 Å². The molecule has 0 bridgehead atoms. The fourth-order valence-electron chi connectivity index (χ4n) is 2.50. The maximum Gasteiger partial charge on any atom is 0.338 e. The van der Waals surface area contributed by atoms with E-state index in [9.17, 15) is 19.2 Å². The van der Waals surface area contributed by atoms with E-state index in [4.69, 9.17) is 14.2 Å². The predicted molar refractivity (Wildman–Crippen MR) is 117 cm³/mol. The highest BCUT2D eigenvalue weighted by molar-refractivity contribution is 5.95. The Kier molecular flexibility index (Phi) is 9.70. The van der Waals surface area contributed by atoms with Gasteiger partial charge in [0, 0.05) is 17.8 Å². The van der Waals surface area contributed by atoms with Crippen molar-refractivity contribution in [3.05, 3.63) is 54.1 Å². The van der Waals surface area contributed by atoms with Gasteiger partial charge in [0.2, 0.25) is 5.91 Å². The molecule has 2 aromatic rings. The molecule has 32 heavy (non-hydrogen) atoms. The van der Waals surface area contributed by atoms with E-state index in [1.165, 1.54) is 12.1 Å². The van der Waals surface area contributed by atoms with Gasteiger partial charge >= 0.3 is 11.9 Å². The second kappa shape index (κ2) is 12.7. The molecular formula is C23H26N2O7. The van der Waals surface area contributed by atoms with Crippen LogP contribution in [0.15, 0.2) is 48.5 Å². The Morgan fingerprint density at radius 3 is 1.97 bits per heavy atom. The van der Waals surface area contributed by atoms with Crippen molar-refractivity contribution in [2.45, 2.75) is 26.2 Å². The summed E-state index contributed by atoms with van der Waals surface area (Å²) in [5.41, 5.74) is 1.39. The lowest BCUT2D eigenvalue weighted by molar-refractivity contribution is -0.147. The summed E-state index contributed by atoms with van der Waals surface area (Å²) in [6, 6.07) is 12.9. The summed E-state index contributed by atoms with van der Waals surface area (Å²) in [4.78, 5) is 47.4. The quantitative estimate of drug-likeness (QED) is 0.513. The second-order valence-electron chi connectivity index (χ2n) is 6.70. The molecule has 0 unspecified atom stereocenters. The third-order valence-electron chi connectivity index (χ3n) is 4.14. The van der Waals surface area contributed by atoms with Crippen LogP contribution >= 0.6 is 0 Å². The predicted octanol–water partition coefficient (Wildman–Crippen LogP) is 3.16. The Bertz CT molecular complexity index is 924. The summed E-state index contributed by atoms with van der Waals surface area (Å²) < 4.78 is 15.0. The number of hydrogen-bond donors (Lipinski definition) is 2. The second-order valence-corrected chi connectivity index (χ2v) is 6.70. The molecule has 0 radical (unpaired) electrons. The summed E-state index contributed by atoms with van der Waals surface area (Å²) in [5.74, 6) is -1.33. The van der Waals surface area contributed by atoms with Crippen LogP contribution in [0.25, 0.3) is 0 Å². The van der Waals surface area contributed by atoms with Gasteiger partial charge in [0.25, 0.3) is 5.91 Å². The highest BCUT2D eigenvalue weighted by Crippen LogP contribution is 2.15. The van der Waals surface area contributed by atoms with Crippen molar-refractivity contribution in [1.82, 2.24) is 0 Å². The first-order valence-electron chi connectivity index (χ1n) is 10.1. The maximum absolute atomic E-state index is 11.9. The first kappa shape index (κ1) is 24.4. The molecule has 0 spiro atoms. The fraction of sp³-hybridized carbons (Fsp3) is 0.304. The van der Waals surface area contributed by atoms with E-state index in [1.807, 2.05) is 6.92 Å². The van der Waals surface area contributed by atoms with E-state index >= 15 is 0 Å². The molecule has 2 N–H and O–H groups in total. The number of ether oxygens (including phenoxy) is 3. The minimum atomic E-state index is -0.668. The van der Waals surface area contributed by atoms with Crippen LogP contribution in [-0.4, -0.2) is 44.1 Å². The maximum atomic E-state index is 11.9. The van der Waals surface area contributed by atoms with Crippen molar-refractivity contribution in [2.75, 3.05) is 31.0 Å². The van der Waals surface area contributed by atoms with Crippen molar-refractivity contribution in [3.63, 3.8) is 0 Å². The average Bonchev–Trinajstić information content (AvgIpc) is 2.80. The van der Waals surface area contributed by atoms with Crippen LogP contribution in [0.3, 0.4) is 0 Å². The van der Waals surface area contributed by atoms with Crippen molar-refractivity contribution in [1.29, 1.82) is 0 Å². The lowest BCUT2D eigenvalue weighted by atomic mass is 10.2. The lowest BCUT2D eigenvalue weighted by Crippen LogP contribution is -2.21. The number of amides is 2. The van der Waals surface area contributed by atoms with E-state index in [1.54, 1.807) is 43.5 Å². The van der Waals surface area contributed by atoms with E-state index < -0.39 is 24.5 Å². The minimum absolute atomic E-state index is 0.0813. The molecule has 2 aromatic carbocycles.